The minimum atomic E-state index is -0.360. The summed E-state index contributed by atoms with van der Waals surface area (Å²) in [6.07, 6.45) is -0.360. The molecule has 0 amide bonds. The highest BCUT2D eigenvalue weighted by molar-refractivity contribution is 6.16. The van der Waals surface area contributed by atoms with Crippen molar-refractivity contribution in [2.24, 2.45) is 9.98 Å². The summed E-state index contributed by atoms with van der Waals surface area (Å²) in [5.74, 6) is 1.64. The van der Waals surface area contributed by atoms with Gasteiger partial charge in [-0.05, 0) is 58.1 Å². The minimum absolute atomic E-state index is 0.0436. The molecule has 0 fully saturated rings. The first-order valence-electron chi connectivity index (χ1n) is 15.9. The number of hydrogen-bond acceptors (Lipinski definition) is 3. The van der Waals surface area contributed by atoms with Gasteiger partial charge >= 0.3 is 0 Å². The van der Waals surface area contributed by atoms with Crippen LogP contribution in [0.1, 0.15) is 47.8 Å². The van der Waals surface area contributed by atoms with Gasteiger partial charge in [-0.15, -0.1) is 0 Å². The summed E-state index contributed by atoms with van der Waals surface area (Å²) in [7, 11) is 0. The summed E-state index contributed by atoms with van der Waals surface area (Å²) in [5, 5.41) is 6.04. The third kappa shape index (κ3) is 4.07. The topological polar surface area (TPSA) is 41.7 Å². The highest BCUT2D eigenvalue weighted by atomic mass is 15.2. The maximum atomic E-state index is 5.08. The lowest BCUT2D eigenvalue weighted by Crippen LogP contribution is -2.35. The fraction of sp³-hybridized carbons (Fsp3) is 0.0952. The van der Waals surface area contributed by atoms with Crippen molar-refractivity contribution in [1.29, 1.82) is 0 Å². The van der Waals surface area contributed by atoms with E-state index >= 15 is 0 Å². The number of nitrogens with zero attached hydrogens (tertiary/aromatic N) is 3. The van der Waals surface area contributed by atoms with Crippen molar-refractivity contribution >= 4 is 33.5 Å². The van der Waals surface area contributed by atoms with Crippen molar-refractivity contribution in [2.75, 3.05) is 0 Å². The Morgan fingerprint density at radius 2 is 1.15 bits per heavy atom. The van der Waals surface area contributed by atoms with E-state index in [1.807, 2.05) is 36.4 Å². The molecule has 0 saturated heterocycles. The molecule has 2 heterocycles. The maximum absolute atomic E-state index is 5.08. The third-order valence-electron chi connectivity index (χ3n) is 9.66. The summed E-state index contributed by atoms with van der Waals surface area (Å²) < 4.78 is 2.41. The van der Waals surface area contributed by atoms with Crippen molar-refractivity contribution < 1.29 is 0 Å². The quantitative estimate of drug-likeness (QED) is 0.217. The van der Waals surface area contributed by atoms with Crippen LogP contribution in [0.25, 0.3) is 38.6 Å². The number of rotatable bonds is 4. The second-order valence-corrected chi connectivity index (χ2v) is 12.7. The van der Waals surface area contributed by atoms with Gasteiger partial charge in [0, 0.05) is 33.0 Å². The second kappa shape index (κ2) is 10.1. The van der Waals surface area contributed by atoms with Crippen molar-refractivity contribution in [2.45, 2.75) is 25.4 Å². The summed E-state index contributed by atoms with van der Waals surface area (Å²) >= 11 is 0. The van der Waals surface area contributed by atoms with Gasteiger partial charge in [0.15, 0.2) is 6.17 Å². The molecule has 0 saturated carbocycles. The van der Waals surface area contributed by atoms with Crippen molar-refractivity contribution in [1.82, 2.24) is 9.88 Å². The van der Waals surface area contributed by atoms with Crippen LogP contribution in [0, 0.1) is 0 Å². The van der Waals surface area contributed by atoms with Crippen LogP contribution >= 0.6 is 0 Å². The third-order valence-corrected chi connectivity index (χ3v) is 9.66. The van der Waals surface area contributed by atoms with Crippen LogP contribution in [0.3, 0.4) is 0 Å². The van der Waals surface area contributed by atoms with E-state index in [0.717, 1.165) is 34.0 Å². The van der Waals surface area contributed by atoms with E-state index in [0.29, 0.717) is 0 Å². The Morgan fingerprint density at radius 3 is 1.85 bits per heavy atom. The molecule has 1 aromatic heterocycles. The Balaban J connectivity index is 1.18. The average Bonchev–Trinajstić information content (AvgIpc) is 3.56. The Hall–Kier alpha value is -5.74. The zero-order chi connectivity index (χ0) is 30.8. The van der Waals surface area contributed by atoms with Gasteiger partial charge in [-0.2, -0.15) is 0 Å². The van der Waals surface area contributed by atoms with Crippen LogP contribution in [0.2, 0.25) is 0 Å². The van der Waals surface area contributed by atoms with Crippen LogP contribution in [0.15, 0.2) is 156 Å². The standard InChI is InChI=1S/C42H32N4/c1-42(2)35-19-11-9-17-31(35)33-26-38-34(25-36(33)42)32-18-10-12-20-37(32)46(38)30-23-21-29(22-24-30)41-44-39(27-13-5-3-6-14-27)43-40(45-41)28-15-7-4-8-16-28/h3-26,41H,1-2H3,(H,43,44,45). The van der Waals surface area contributed by atoms with Crippen LogP contribution < -0.4 is 5.32 Å². The first kappa shape index (κ1) is 26.6. The normalized spacial score (nSPS) is 15.3. The van der Waals surface area contributed by atoms with Gasteiger partial charge in [-0.3, -0.25) is 0 Å². The molecule has 0 unspecified atom stereocenters. The van der Waals surface area contributed by atoms with E-state index in [4.69, 9.17) is 9.98 Å². The molecular formula is C42H32N4. The number of para-hydroxylation sites is 1. The number of aromatic nitrogens is 1. The van der Waals surface area contributed by atoms with Gasteiger partial charge in [0.2, 0.25) is 0 Å². The molecule has 46 heavy (non-hydrogen) atoms. The fourth-order valence-electron chi connectivity index (χ4n) is 7.32. The molecule has 4 nitrogen and oxygen atoms in total. The van der Waals surface area contributed by atoms with Crippen LogP contribution in [-0.4, -0.2) is 16.2 Å². The molecule has 1 aliphatic carbocycles. The Labute approximate surface area is 268 Å². The zero-order valence-electron chi connectivity index (χ0n) is 25.8. The van der Waals surface area contributed by atoms with E-state index < -0.39 is 0 Å². The molecule has 6 aromatic carbocycles. The number of hydrogen-bond donors (Lipinski definition) is 1. The molecule has 9 rings (SSSR count). The maximum Gasteiger partial charge on any atom is 0.169 e. The molecular weight excluding hydrogens is 560 g/mol. The van der Waals surface area contributed by atoms with E-state index in [1.54, 1.807) is 0 Å². The largest absolute Gasteiger partial charge is 0.324 e. The zero-order valence-corrected chi connectivity index (χ0v) is 25.8. The summed E-state index contributed by atoms with van der Waals surface area (Å²) in [6.45, 7) is 4.69. The van der Waals surface area contributed by atoms with Crippen molar-refractivity contribution in [3.63, 3.8) is 0 Å². The molecule has 0 spiro atoms. The molecule has 0 atom stereocenters. The molecule has 1 N–H and O–H groups in total. The Morgan fingerprint density at radius 1 is 0.543 bits per heavy atom. The summed E-state index contributed by atoms with van der Waals surface area (Å²) in [6, 6.07) is 51.8. The van der Waals surface area contributed by atoms with E-state index in [2.05, 4.69) is 133 Å². The van der Waals surface area contributed by atoms with Gasteiger partial charge in [-0.1, -0.05) is 129 Å². The lowest BCUT2D eigenvalue weighted by molar-refractivity contribution is 0.661. The van der Waals surface area contributed by atoms with Crippen molar-refractivity contribution in [3.8, 4) is 16.8 Å². The van der Waals surface area contributed by atoms with Gasteiger partial charge in [0.25, 0.3) is 0 Å². The summed E-state index contributed by atoms with van der Waals surface area (Å²) in [4.78, 5) is 10.2. The van der Waals surface area contributed by atoms with E-state index in [9.17, 15) is 0 Å². The predicted octanol–water partition coefficient (Wildman–Crippen LogP) is 9.59. The number of amidine groups is 2. The summed E-state index contributed by atoms with van der Waals surface area (Å²) in [5.41, 5.74) is 12.1. The SMILES string of the molecule is CC1(C)c2ccccc2-c2cc3c(cc21)c1ccccc1n3-c1ccc(C2N=C(c3ccccc3)NC(c3ccccc3)=N2)cc1. The molecule has 4 heteroatoms. The fourth-order valence-corrected chi connectivity index (χ4v) is 7.32. The van der Waals surface area contributed by atoms with Crippen molar-refractivity contribution in [3.05, 3.63) is 173 Å². The molecule has 0 bridgehead atoms. The smallest absolute Gasteiger partial charge is 0.169 e. The Bertz CT molecular complexity index is 2290. The van der Waals surface area contributed by atoms with Gasteiger partial charge in [0.05, 0.1) is 11.0 Å². The van der Waals surface area contributed by atoms with Gasteiger partial charge in [-0.25, -0.2) is 9.98 Å². The van der Waals surface area contributed by atoms with Gasteiger partial charge in [0.1, 0.15) is 11.7 Å². The average molecular weight is 593 g/mol. The Kier molecular flexibility index (Phi) is 5.88. The highest BCUT2D eigenvalue weighted by Crippen LogP contribution is 2.50. The number of nitrogens with one attached hydrogen (secondary N) is 1. The number of aliphatic imine (C=N–C) groups is 2. The number of benzene rings is 6. The first-order chi connectivity index (χ1) is 22.6. The number of fused-ring (bicyclic) bond motifs is 6. The lowest BCUT2D eigenvalue weighted by Gasteiger charge is -2.22. The molecule has 1 aliphatic heterocycles. The lowest BCUT2D eigenvalue weighted by atomic mass is 9.82. The molecule has 220 valence electrons. The minimum Gasteiger partial charge on any atom is -0.324 e. The first-order valence-corrected chi connectivity index (χ1v) is 15.9. The van der Waals surface area contributed by atoms with Crippen LogP contribution in [0.4, 0.5) is 0 Å². The van der Waals surface area contributed by atoms with E-state index in [1.165, 1.54) is 44.1 Å². The molecule has 7 aromatic rings. The van der Waals surface area contributed by atoms with E-state index in [-0.39, 0.29) is 11.6 Å². The van der Waals surface area contributed by atoms with Crippen LogP contribution in [0.5, 0.6) is 0 Å². The molecule has 0 radical (unpaired) electrons. The highest BCUT2D eigenvalue weighted by Gasteiger charge is 2.36. The molecule has 2 aliphatic rings. The van der Waals surface area contributed by atoms with Gasteiger partial charge < -0.3 is 9.88 Å². The van der Waals surface area contributed by atoms with Crippen LogP contribution in [-0.2, 0) is 5.41 Å². The monoisotopic (exact) mass is 592 g/mol. The predicted molar refractivity (Wildman–Crippen MR) is 190 cm³/mol. The second-order valence-electron chi connectivity index (χ2n) is 12.7.